The second-order valence-electron chi connectivity index (χ2n) is 3.40. The molecule has 4 heteroatoms. The van der Waals surface area contributed by atoms with E-state index in [0.29, 0.717) is 6.04 Å². The van der Waals surface area contributed by atoms with E-state index in [2.05, 4.69) is 31.9 Å². The van der Waals surface area contributed by atoms with Crippen LogP contribution in [0.5, 0.6) is 0 Å². The zero-order chi connectivity index (χ0) is 9.35. The molecule has 0 aromatic rings. The van der Waals surface area contributed by atoms with Crippen molar-refractivity contribution in [1.82, 2.24) is 4.90 Å². The fraction of sp³-hybridized carbons (Fsp3) is 0.875. The minimum atomic E-state index is -0.498. The minimum Gasteiger partial charge on any atom is -0.338 e. The topological polar surface area (TPSA) is 20.3 Å². The van der Waals surface area contributed by atoms with Crippen LogP contribution in [0.15, 0.2) is 0 Å². The summed E-state index contributed by atoms with van der Waals surface area (Å²) in [7, 11) is 0. The van der Waals surface area contributed by atoms with Gasteiger partial charge >= 0.3 is 0 Å². The van der Waals surface area contributed by atoms with Gasteiger partial charge in [0.2, 0.25) is 0 Å². The molecule has 0 bridgehead atoms. The summed E-state index contributed by atoms with van der Waals surface area (Å²) >= 11 is 6.78. The van der Waals surface area contributed by atoms with Crippen molar-refractivity contribution in [2.45, 2.75) is 36.0 Å². The summed E-state index contributed by atoms with van der Waals surface area (Å²) in [5, 5.41) is 0. The monoisotopic (exact) mass is 297 g/mol. The average Bonchev–Trinajstić information content (AvgIpc) is 1.94. The maximum Gasteiger partial charge on any atom is 0.250 e. The van der Waals surface area contributed by atoms with Crippen molar-refractivity contribution in [2.24, 2.45) is 0 Å². The van der Waals surface area contributed by atoms with Crippen LogP contribution in [-0.4, -0.2) is 26.6 Å². The summed E-state index contributed by atoms with van der Waals surface area (Å²) in [6, 6.07) is 0.298. The lowest BCUT2D eigenvalue weighted by molar-refractivity contribution is -0.134. The van der Waals surface area contributed by atoms with Crippen LogP contribution in [0, 0.1) is 0 Å². The molecule has 70 valence electrons. The van der Waals surface area contributed by atoms with Gasteiger partial charge in [-0.2, -0.15) is 0 Å². The molecule has 1 heterocycles. The van der Waals surface area contributed by atoms with E-state index in [1.165, 1.54) is 0 Å². The van der Waals surface area contributed by atoms with Gasteiger partial charge < -0.3 is 4.90 Å². The molecule has 0 aromatic carbocycles. The number of piperidine rings is 1. The van der Waals surface area contributed by atoms with Crippen molar-refractivity contribution in [3.63, 3.8) is 0 Å². The van der Waals surface area contributed by atoms with Crippen LogP contribution in [0.1, 0.15) is 26.7 Å². The van der Waals surface area contributed by atoms with E-state index in [1.54, 1.807) is 0 Å². The molecule has 1 amide bonds. The molecule has 0 unspecified atom stereocenters. The molecule has 0 spiro atoms. The number of hydrogen-bond acceptors (Lipinski definition) is 1. The first-order chi connectivity index (χ1) is 5.45. The molecular formula is C8H13Br2NO. The van der Waals surface area contributed by atoms with E-state index < -0.39 is 3.23 Å². The molecular weight excluding hydrogens is 286 g/mol. The Bertz CT molecular complexity index is 191. The van der Waals surface area contributed by atoms with E-state index in [1.807, 2.05) is 18.7 Å². The molecule has 1 aliphatic rings. The third kappa shape index (κ3) is 2.02. The van der Waals surface area contributed by atoms with Gasteiger partial charge in [-0.3, -0.25) is 4.79 Å². The highest BCUT2D eigenvalue weighted by atomic mass is 79.9. The van der Waals surface area contributed by atoms with E-state index in [0.717, 1.165) is 19.4 Å². The van der Waals surface area contributed by atoms with Gasteiger partial charge in [0.05, 0.1) is 0 Å². The Hall–Kier alpha value is 0.430. The van der Waals surface area contributed by atoms with Gasteiger partial charge in [0.25, 0.3) is 5.91 Å². The maximum absolute atomic E-state index is 11.7. The number of halogens is 2. The molecule has 1 rings (SSSR count). The summed E-state index contributed by atoms with van der Waals surface area (Å²) in [4.78, 5) is 13.6. The van der Waals surface area contributed by atoms with Crippen LogP contribution in [0.25, 0.3) is 0 Å². The first kappa shape index (κ1) is 10.5. The van der Waals surface area contributed by atoms with Crippen LogP contribution in [-0.2, 0) is 4.79 Å². The molecule has 12 heavy (non-hydrogen) atoms. The van der Waals surface area contributed by atoms with E-state index >= 15 is 0 Å². The Morgan fingerprint density at radius 1 is 1.50 bits per heavy atom. The Kier molecular flexibility index (Phi) is 3.21. The van der Waals surface area contributed by atoms with Gasteiger partial charge in [0.1, 0.15) is 0 Å². The molecule has 1 aliphatic heterocycles. The van der Waals surface area contributed by atoms with Gasteiger partial charge in [-0.15, -0.1) is 0 Å². The van der Waals surface area contributed by atoms with Gasteiger partial charge in [0.15, 0.2) is 3.23 Å². The average molecular weight is 299 g/mol. The highest BCUT2D eigenvalue weighted by molar-refractivity contribution is 9.25. The molecule has 1 fully saturated rings. The molecule has 0 N–H and O–H groups in total. The second kappa shape index (κ2) is 3.66. The molecule has 0 aliphatic carbocycles. The Morgan fingerprint density at radius 2 is 2.08 bits per heavy atom. The van der Waals surface area contributed by atoms with Gasteiger partial charge in [0, 0.05) is 12.6 Å². The Labute approximate surface area is 89.9 Å². The molecule has 1 saturated heterocycles. The number of hydrogen-bond donors (Lipinski definition) is 0. The molecule has 0 atom stereocenters. The smallest absolute Gasteiger partial charge is 0.250 e. The molecule has 0 radical (unpaired) electrons. The van der Waals surface area contributed by atoms with Crippen molar-refractivity contribution in [3.8, 4) is 0 Å². The van der Waals surface area contributed by atoms with Crippen molar-refractivity contribution >= 4 is 37.8 Å². The Balaban J connectivity index is 2.73. The number of carbonyl (C=O) groups excluding carboxylic acids is 1. The van der Waals surface area contributed by atoms with E-state index in [-0.39, 0.29) is 5.91 Å². The van der Waals surface area contributed by atoms with Crippen LogP contribution >= 0.6 is 31.9 Å². The molecule has 0 aromatic heterocycles. The Morgan fingerprint density at radius 3 is 2.50 bits per heavy atom. The van der Waals surface area contributed by atoms with Crippen molar-refractivity contribution in [2.75, 3.05) is 6.54 Å². The molecule has 0 saturated carbocycles. The summed E-state index contributed by atoms with van der Waals surface area (Å²) in [5.41, 5.74) is 0. The van der Waals surface area contributed by atoms with Crippen LogP contribution in [0.2, 0.25) is 0 Å². The lowest BCUT2D eigenvalue weighted by atomic mass is 10.1. The highest BCUT2D eigenvalue weighted by Gasteiger charge is 2.39. The van der Waals surface area contributed by atoms with E-state index in [4.69, 9.17) is 0 Å². The zero-order valence-corrected chi connectivity index (χ0v) is 10.5. The number of carbonyl (C=O) groups is 1. The predicted molar refractivity (Wildman–Crippen MR) is 56.7 cm³/mol. The van der Waals surface area contributed by atoms with Crippen LogP contribution < -0.4 is 0 Å². The lowest BCUT2D eigenvalue weighted by Crippen LogP contribution is -2.49. The first-order valence-corrected chi connectivity index (χ1v) is 5.72. The number of alkyl halides is 2. The predicted octanol–water partition coefficient (Wildman–Crippen LogP) is 2.50. The lowest BCUT2D eigenvalue weighted by Gasteiger charge is -2.37. The SMILES string of the molecule is CC(C)N1CCCC(Br)(Br)C1=O. The van der Waals surface area contributed by atoms with Crippen molar-refractivity contribution in [1.29, 1.82) is 0 Å². The number of nitrogens with zero attached hydrogens (tertiary/aromatic N) is 1. The minimum absolute atomic E-state index is 0.156. The standard InChI is InChI=1S/C8H13Br2NO/c1-6(2)11-5-3-4-8(9,10)7(11)12/h6H,3-5H2,1-2H3. The summed E-state index contributed by atoms with van der Waals surface area (Å²) in [6.07, 6.45) is 1.93. The van der Waals surface area contributed by atoms with Gasteiger partial charge in [-0.25, -0.2) is 0 Å². The van der Waals surface area contributed by atoms with Gasteiger partial charge in [-0.1, -0.05) is 31.9 Å². The first-order valence-electron chi connectivity index (χ1n) is 4.14. The quantitative estimate of drug-likeness (QED) is 0.681. The fourth-order valence-corrected chi connectivity index (χ4v) is 2.40. The largest absolute Gasteiger partial charge is 0.338 e. The third-order valence-corrected chi connectivity index (χ3v) is 3.56. The van der Waals surface area contributed by atoms with Gasteiger partial charge in [-0.05, 0) is 26.7 Å². The number of rotatable bonds is 1. The van der Waals surface area contributed by atoms with Crippen LogP contribution in [0.4, 0.5) is 0 Å². The third-order valence-electron chi connectivity index (χ3n) is 2.09. The molecule has 2 nitrogen and oxygen atoms in total. The van der Waals surface area contributed by atoms with Crippen molar-refractivity contribution in [3.05, 3.63) is 0 Å². The maximum atomic E-state index is 11.7. The normalized spacial score (nSPS) is 23.4. The van der Waals surface area contributed by atoms with Crippen molar-refractivity contribution < 1.29 is 4.79 Å². The summed E-state index contributed by atoms with van der Waals surface area (Å²) in [6.45, 7) is 4.97. The van der Waals surface area contributed by atoms with Crippen LogP contribution in [0.3, 0.4) is 0 Å². The second-order valence-corrected chi connectivity index (χ2v) is 7.17. The van der Waals surface area contributed by atoms with E-state index in [9.17, 15) is 4.79 Å². The number of amides is 1. The highest BCUT2D eigenvalue weighted by Crippen LogP contribution is 2.37. The fourth-order valence-electron chi connectivity index (χ4n) is 1.38. The summed E-state index contributed by atoms with van der Waals surface area (Å²) in [5.74, 6) is 0.156. The number of likely N-dealkylation sites (tertiary alicyclic amines) is 1. The summed E-state index contributed by atoms with van der Waals surface area (Å²) < 4.78 is -0.498. The zero-order valence-electron chi connectivity index (χ0n) is 7.31.